The fraction of sp³-hybridized carbons (Fsp3) is 0.750. The van der Waals surface area contributed by atoms with Crippen molar-refractivity contribution in [2.45, 2.75) is 13.3 Å². The standard InChI is InChI=1S/C8H14O3S/c1-4-6(8(10)11-2)7(9)5-12-3/h6H,4-5H2,1-3H3. The Hall–Kier alpha value is -0.510. The number of ketones is 1. The fourth-order valence-electron chi connectivity index (χ4n) is 0.911. The van der Waals surface area contributed by atoms with Gasteiger partial charge in [0.2, 0.25) is 0 Å². The van der Waals surface area contributed by atoms with Crippen LogP contribution in [0.15, 0.2) is 0 Å². The van der Waals surface area contributed by atoms with Gasteiger partial charge in [0.1, 0.15) is 5.92 Å². The zero-order chi connectivity index (χ0) is 9.56. The molecule has 0 aliphatic heterocycles. The molecule has 0 fully saturated rings. The summed E-state index contributed by atoms with van der Waals surface area (Å²) in [6.07, 6.45) is 2.36. The van der Waals surface area contributed by atoms with Crippen molar-refractivity contribution in [3.05, 3.63) is 0 Å². The van der Waals surface area contributed by atoms with Gasteiger partial charge in [-0.2, -0.15) is 11.8 Å². The lowest BCUT2D eigenvalue weighted by molar-refractivity contribution is -0.148. The predicted molar refractivity (Wildman–Crippen MR) is 49.2 cm³/mol. The molecule has 0 saturated carbocycles. The number of esters is 1. The molecule has 12 heavy (non-hydrogen) atoms. The molecule has 0 N–H and O–H groups in total. The molecule has 3 nitrogen and oxygen atoms in total. The molecule has 0 spiro atoms. The Balaban J connectivity index is 4.14. The van der Waals surface area contributed by atoms with Gasteiger partial charge in [-0.05, 0) is 12.7 Å². The third kappa shape index (κ3) is 3.26. The van der Waals surface area contributed by atoms with Gasteiger partial charge in [0.25, 0.3) is 0 Å². The fourth-order valence-corrected chi connectivity index (χ4v) is 1.40. The van der Waals surface area contributed by atoms with Gasteiger partial charge in [-0.25, -0.2) is 0 Å². The van der Waals surface area contributed by atoms with E-state index < -0.39 is 11.9 Å². The molecule has 0 amide bonds. The van der Waals surface area contributed by atoms with Crippen molar-refractivity contribution in [2.24, 2.45) is 5.92 Å². The number of carbonyl (C=O) groups excluding carboxylic acids is 2. The van der Waals surface area contributed by atoms with Gasteiger partial charge in [-0.15, -0.1) is 0 Å². The Morgan fingerprint density at radius 1 is 1.50 bits per heavy atom. The van der Waals surface area contributed by atoms with Gasteiger partial charge in [-0.1, -0.05) is 6.92 Å². The lowest BCUT2D eigenvalue weighted by Gasteiger charge is -2.09. The molecule has 0 radical (unpaired) electrons. The molecule has 0 saturated heterocycles. The van der Waals surface area contributed by atoms with E-state index in [2.05, 4.69) is 4.74 Å². The summed E-state index contributed by atoms with van der Waals surface area (Å²) < 4.78 is 4.50. The molecular formula is C8H14O3S. The number of ether oxygens (including phenoxy) is 1. The summed E-state index contributed by atoms with van der Waals surface area (Å²) in [4.78, 5) is 22.3. The molecule has 0 aromatic rings. The number of thioether (sulfide) groups is 1. The van der Waals surface area contributed by atoms with E-state index in [1.54, 1.807) is 6.92 Å². The van der Waals surface area contributed by atoms with Gasteiger partial charge in [0, 0.05) is 0 Å². The first-order valence-electron chi connectivity index (χ1n) is 3.76. The second kappa shape index (κ2) is 6.06. The monoisotopic (exact) mass is 190 g/mol. The topological polar surface area (TPSA) is 43.4 Å². The van der Waals surface area contributed by atoms with E-state index in [0.717, 1.165) is 0 Å². The maximum Gasteiger partial charge on any atom is 0.316 e. The normalized spacial score (nSPS) is 12.2. The van der Waals surface area contributed by atoms with Gasteiger partial charge >= 0.3 is 5.97 Å². The van der Waals surface area contributed by atoms with E-state index in [-0.39, 0.29) is 5.78 Å². The number of hydrogen-bond acceptors (Lipinski definition) is 4. The van der Waals surface area contributed by atoms with Crippen molar-refractivity contribution in [3.63, 3.8) is 0 Å². The lowest BCUT2D eigenvalue weighted by atomic mass is 10.0. The van der Waals surface area contributed by atoms with Crippen molar-refractivity contribution in [1.29, 1.82) is 0 Å². The Morgan fingerprint density at radius 2 is 2.08 bits per heavy atom. The van der Waals surface area contributed by atoms with Gasteiger partial charge in [0.05, 0.1) is 12.9 Å². The molecule has 0 aliphatic rings. The quantitative estimate of drug-likeness (QED) is 0.481. The molecule has 1 unspecified atom stereocenters. The first kappa shape index (κ1) is 11.5. The summed E-state index contributed by atoms with van der Waals surface area (Å²) in [6, 6.07) is 0. The van der Waals surface area contributed by atoms with Crippen LogP contribution in [0.1, 0.15) is 13.3 Å². The van der Waals surface area contributed by atoms with Crippen molar-refractivity contribution < 1.29 is 14.3 Å². The number of Topliss-reactive ketones (excluding diaryl/α,β-unsaturated/α-hetero) is 1. The minimum atomic E-state index is -0.567. The molecule has 0 heterocycles. The Kier molecular flexibility index (Phi) is 5.80. The van der Waals surface area contributed by atoms with E-state index in [4.69, 9.17) is 0 Å². The number of carbonyl (C=O) groups is 2. The Morgan fingerprint density at radius 3 is 2.42 bits per heavy atom. The minimum absolute atomic E-state index is 0.0446. The predicted octanol–water partition coefficient (Wildman–Crippen LogP) is 1.12. The lowest BCUT2D eigenvalue weighted by Crippen LogP contribution is -2.26. The zero-order valence-electron chi connectivity index (χ0n) is 7.62. The largest absolute Gasteiger partial charge is 0.468 e. The highest BCUT2D eigenvalue weighted by atomic mass is 32.2. The van der Waals surface area contributed by atoms with Crippen LogP contribution in [0.3, 0.4) is 0 Å². The molecule has 70 valence electrons. The maximum absolute atomic E-state index is 11.3. The maximum atomic E-state index is 11.3. The second-order valence-electron chi connectivity index (χ2n) is 2.38. The Bertz CT molecular complexity index is 168. The number of methoxy groups -OCH3 is 1. The third-order valence-electron chi connectivity index (χ3n) is 1.57. The van der Waals surface area contributed by atoms with Crippen LogP contribution in [0.5, 0.6) is 0 Å². The number of hydrogen-bond donors (Lipinski definition) is 0. The van der Waals surface area contributed by atoms with E-state index in [0.29, 0.717) is 12.2 Å². The molecule has 0 bridgehead atoms. The highest BCUT2D eigenvalue weighted by Crippen LogP contribution is 2.09. The first-order valence-corrected chi connectivity index (χ1v) is 5.16. The minimum Gasteiger partial charge on any atom is -0.468 e. The number of rotatable bonds is 5. The SMILES string of the molecule is CCC(C(=O)CSC)C(=O)OC. The zero-order valence-corrected chi connectivity index (χ0v) is 8.44. The Labute approximate surface area is 76.9 Å². The van der Waals surface area contributed by atoms with Crippen LogP contribution in [0.4, 0.5) is 0 Å². The van der Waals surface area contributed by atoms with Crippen molar-refractivity contribution in [2.75, 3.05) is 19.1 Å². The first-order chi connectivity index (χ1) is 5.67. The molecule has 0 aromatic carbocycles. The van der Waals surface area contributed by atoms with E-state index in [1.807, 2.05) is 6.26 Å². The van der Waals surface area contributed by atoms with Gasteiger partial charge in [0.15, 0.2) is 5.78 Å². The third-order valence-corrected chi connectivity index (χ3v) is 2.14. The van der Waals surface area contributed by atoms with Crippen LogP contribution in [-0.4, -0.2) is 30.9 Å². The van der Waals surface area contributed by atoms with E-state index >= 15 is 0 Å². The summed E-state index contributed by atoms with van der Waals surface area (Å²) in [7, 11) is 1.30. The summed E-state index contributed by atoms with van der Waals surface area (Å²) in [5, 5.41) is 0. The highest BCUT2D eigenvalue weighted by molar-refractivity contribution is 7.99. The van der Waals surface area contributed by atoms with Gasteiger partial charge in [-0.3, -0.25) is 9.59 Å². The van der Waals surface area contributed by atoms with Crippen LogP contribution >= 0.6 is 11.8 Å². The van der Waals surface area contributed by atoms with Crippen LogP contribution in [0, 0.1) is 5.92 Å². The molecule has 0 rings (SSSR count). The molecular weight excluding hydrogens is 176 g/mol. The second-order valence-corrected chi connectivity index (χ2v) is 3.25. The van der Waals surface area contributed by atoms with Crippen LogP contribution in [0.2, 0.25) is 0 Å². The van der Waals surface area contributed by atoms with E-state index in [9.17, 15) is 9.59 Å². The average molecular weight is 190 g/mol. The average Bonchev–Trinajstić information content (AvgIpc) is 2.06. The van der Waals surface area contributed by atoms with Crippen LogP contribution in [0.25, 0.3) is 0 Å². The smallest absolute Gasteiger partial charge is 0.316 e. The summed E-state index contributed by atoms with van der Waals surface area (Å²) in [6.45, 7) is 1.81. The summed E-state index contributed by atoms with van der Waals surface area (Å²) in [5.74, 6) is -0.649. The molecule has 1 atom stereocenters. The molecule has 0 aliphatic carbocycles. The van der Waals surface area contributed by atoms with Crippen LogP contribution in [-0.2, 0) is 14.3 Å². The summed E-state index contributed by atoms with van der Waals surface area (Å²) in [5.41, 5.74) is 0. The van der Waals surface area contributed by atoms with Gasteiger partial charge < -0.3 is 4.74 Å². The van der Waals surface area contributed by atoms with Crippen molar-refractivity contribution in [1.82, 2.24) is 0 Å². The highest BCUT2D eigenvalue weighted by Gasteiger charge is 2.24. The van der Waals surface area contributed by atoms with Crippen molar-refractivity contribution >= 4 is 23.5 Å². The van der Waals surface area contributed by atoms with E-state index in [1.165, 1.54) is 18.9 Å². The summed E-state index contributed by atoms with van der Waals surface area (Å²) >= 11 is 1.42. The van der Waals surface area contributed by atoms with Crippen LogP contribution < -0.4 is 0 Å². The molecule has 4 heteroatoms. The molecule has 0 aromatic heterocycles. The van der Waals surface area contributed by atoms with Crippen molar-refractivity contribution in [3.8, 4) is 0 Å².